The van der Waals surface area contributed by atoms with Crippen molar-refractivity contribution in [3.63, 3.8) is 0 Å². The predicted molar refractivity (Wildman–Crippen MR) is 126 cm³/mol. The second-order valence-corrected chi connectivity index (χ2v) is 7.67. The summed E-state index contributed by atoms with van der Waals surface area (Å²) in [4.78, 5) is 30.8. The standard InChI is InChI=1S/C26H30N2O5/c1-6-33-26(30)24-17(2)21(18(3)27-24)16-28(15-19-10-8-7-9-11-19)25(29)20-12-13-22(31-4)23(14-20)32-5/h7-14,27H,6,15-16H2,1-5H3. The first-order valence-electron chi connectivity index (χ1n) is 10.8. The summed E-state index contributed by atoms with van der Waals surface area (Å²) in [6.45, 7) is 6.57. The van der Waals surface area contributed by atoms with E-state index in [4.69, 9.17) is 14.2 Å². The summed E-state index contributed by atoms with van der Waals surface area (Å²) in [6.07, 6.45) is 0. The van der Waals surface area contributed by atoms with E-state index in [-0.39, 0.29) is 5.91 Å². The van der Waals surface area contributed by atoms with Crippen molar-refractivity contribution in [3.8, 4) is 11.5 Å². The molecular formula is C26H30N2O5. The van der Waals surface area contributed by atoms with Crippen LogP contribution in [0.1, 0.15) is 50.2 Å². The van der Waals surface area contributed by atoms with Gasteiger partial charge in [-0.2, -0.15) is 0 Å². The van der Waals surface area contributed by atoms with E-state index in [1.54, 1.807) is 37.1 Å². The van der Waals surface area contributed by atoms with Crippen molar-refractivity contribution in [3.05, 3.63) is 82.2 Å². The largest absolute Gasteiger partial charge is 0.493 e. The minimum atomic E-state index is -0.398. The van der Waals surface area contributed by atoms with Gasteiger partial charge in [0.15, 0.2) is 11.5 Å². The summed E-state index contributed by atoms with van der Waals surface area (Å²) in [6, 6.07) is 14.9. The number of aryl methyl sites for hydroxylation is 1. The van der Waals surface area contributed by atoms with E-state index < -0.39 is 5.97 Å². The Morgan fingerprint density at radius 3 is 2.27 bits per heavy atom. The molecule has 0 saturated heterocycles. The van der Waals surface area contributed by atoms with Crippen LogP contribution < -0.4 is 9.47 Å². The molecule has 0 saturated carbocycles. The van der Waals surface area contributed by atoms with Crippen molar-refractivity contribution >= 4 is 11.9 Å². The van der Waals surface area contributed by atoms with E-state index in [0.29, 0.717) is 42.5 Å². The molecule has 1 N–H and O–H groups in total. The Bertz CT molecular complexity index is 1120. The van der Waals surface area contributed by atoms with Crippen LogP contribution in [0.5, 0.6) is 11.5 Å². The molecule has 0 spiro atoms. The molecule has 1 amide bonds. The van der Waals surface area contributed by atoms with Gasteiger partial charge < -0.3 is 24.1 Å². The number of aromatic amines is 1. The van der Waals surface area contributed by atoms with Crippen LogP contribution in [0.15, 0.2) is 48.5 Å². The molecule has 2 aromatic carbocycles. The summed E-state index contributed by atoms with van der Waals surface area (Å²) < 4.78 is 15.8. The normalized spacial score (nSPS) is 10.6. The highest BCUT2D eigenvalue weighted by Gasteiger charge is 2.24. The number of H-pyrrole nitrogens is 1. The lowest BCUT2D eigenvalue weighted by Gasteiger charge is -2.24. The molecular weight excluding hydrogens is 420 g/mol. The lowest BCUT2D eigenvalue weighted by Crippen LogP contribution is -2.30. The molecule has 0 radical (unpaired) electrons. The lowest BCUT2D eigenvalue weighted by atomic mass is 10.1. The van der Waals surface area contributed by atoms with Gasteiger partial charge in [0, 0.05) is 24.3 Å². The molecule has 0 unspecified atom stereocenters. The molecule has 1 heterocycles. The summed E-state index contributed by atoms with van der Waals surface area (Å²) in [5.74, 6) is 0.490. The van der Waals surface area contributed by atoms with Crippen LogP contribution >= 0.6 is 0 Å². The molecule has 0 fully saturated rings. The van der Waals surface area contributed by atoms with Gasteiger partial charge in [0.05, 0.1) is 20.8 Å². The molecule has 0 aliphatic heterocycles. The van der Waals surface area contributed by atoms with Crippen molar-refractivity contribution in [2.75, 3.05) is 20.8 Å². The first-order valence-corrected chi connectivity index (χ1v) is 10.8. The molecule has 33 heavy (non-hydrogen) atoms. The average molecular weight is 451 g/mol. The number of carbonyl (C=O) groups excluding carboxylic acids is 2. The van der Waals surface area contributed by atoms with E-state index in [1.807, 2.05) is 44.2 Å². The van der Waals surface area contributed by atoms with Gasteiger partial charge in [0.2, 0.25) is 0 Å². The Morgan fingerprint density at radius 1 is 0.939 bits per heavy atom. The third-order valence-corrected chi connectivity index (χ3v) is 5.56. The number of benzene rings is 2. The van der Waals surface area contributed by atoms with Gasteiger partial charge in [-0.3, -0.25) is 4.79 Å². The number of nitrogens with one attached hydrogen (secondary N) is 1. The molecule has 1 aromatic heterocycles. The zero-order valence-electron chi connectivity index (χ0n) is 19.7. The highest BCUT2D eigenvalue weighted by atomic mass is 16.5. The second kappa shape index (κ2) is 10.7. The maximum absolute atomic E-state index is 13.6. The van der Waals surface area contributed by atoms with Crippen LogP contribution in [0.3, 0.4) is 0 Å². The van der Waals surface area contributed by atoms with Crippen LogP contribution in [0, 0.1) is 13.8 Å². The number of esters is 1. The number of amides is 1. The van der Waals surface area contributed by atoms with E-state index in [2.05, 4.69) is 4.98 Å². The maximum atomic E-state index is 13.6. The van der Waals surface area contributed by atoms with Gasteiger partial charge in [0.1, 0.15) is 5.69 Å². The summed E-state index contributed by atoms with van der Waals surface area (Å²) >= 11 is 0. The van der Waals surface area contributed by atoms with E-state index >= 15 is 0 Å². The smallest absolute Gasteiger partial charge is 0.355 e. The quantitative estimate of drug-likeness (QED) is 0.479. The van der Waals surface area contributed by atoms with E-state index in [9.17, 15) is 9.59 Å². The van der Waals surface area contributed by atoms with Crippen molar-refractivity contribution in [1.29, 1.82) is 0 Å². The number of aromatic nitrogens is 1. The SMILES string of the molecule is CCOC(=O)c1[nH]c(C)c(CN(Cc2ccccc2)C(=O)c2ccc(OC)c(OC)c2)c1C. The van der Waals surface area contributed by atoms with Gasteiger partial charge >= 0.3 is 5.97 Å². The summed E-state index contributed by atoms with van der Waals surface area (Å²) in [5, 5.41) is 0. The van der Waals surface area contributed by atoms with E-state index in [1.165, 1.54) is 7.11 Å². The third-order valence-electron chi connectivity index (χ3n) is 5.56. The highest BCUT2D eigenvalue weighted by molar-refractivity contribution is 5.95. The van der Waals surface area contributed by atoms with Crippen LogP contribution in [0.2, 0.25) is 0 Å². The van der Waals surface area contributed by atoms with Gasteiger partial charge in [0.25, 0.3) is 5.91 Å². The fourth-order valence-electron chi connectivity index (χ4n) is 3.78. The maximum Gasteiger partial charge on any atom is 0.355 e. The fraction of sp³-hybridized carbons (Fsp3) is 0.308. The number of hydrogen-bond acceptors (Lipinski definition) is 5. The van der Waals surface area contributed by atoms with Crippen molar-refractivity contribution in [2.24, 2.45) is 0 Å². The molecule has 0 aliphatic carbocycles. The zero-order valence-corrected chi connectivity index (χ0v) is 19.7. The number of carbonyl (C=O) groups is 2. The Hall–Kier alpha value is -3.74. The number of methoxy groups -OCH3 is 2. The van der Waals surface area contributed by atoms with E-state index in [0.717, 1.165) is 22.4 Å². The Kier molecular flexibility index (Phi) is 7.77. The highest BCUT2D eigenvalue weighted by Crippen LogP contribution is 2.29. The van der Waals surface area contributed by atoms with Crippen molar-refractivity contribution in [1.82, 2.24) is 9.88 Å². The minimum absolute atomic E-state index is 0.155. The van der Waals surface area contributed by atoms with Gasteiger partial charge in [-0.25, -0.2) is 4.79 Å². The lowest BCUT2D eigenvalue weighted by molar-refractivity contribution is 0.0519. The Labute approximate surface area is 194 Å². The van der Waals surface area contributed by atoms with Crippen LogP contribution in [0.25, 0.3) is 0 Å². The molecule has 0 atom stereocenters. The summed E-state index contributed by atoms with van der Waals surface area (Å²) in [5.41, 5.74) is 4.41. The Morgan fingerprint density at radius 2 is 1.64 bits per heavy atom. The summed E-state index contributed by atoms with van der Waals surface area (Å²) in [7, 11) is 3.09. The third kappa shape index (κ3) is 5.37. The zero-order chi connectivity index (χ0) is 24.0. The minimum Gasteiger partial charge on any atom is -0.493 e. The van der Waals surface area contributed by atoms with Crippen LogP contribution in [-0.4, -0.2) is 42.6 Å². The molecule has 3 rings (SSSR count). The fourth-order valence-corrected chi connectivity index (χ4v) is 3.78. The molecule has 7 heteroatoms. The first-order chi connectivity index (χ1) is 15.9. The molecule has 174 valence electrons. The molecule has 0 aliphatic rings. The number of rotatable bonds is 9. The van der Waals surface area contributed by atoms with Crippen molar-refractivity contribution < 1.29 is 23.8 Å². The molecule has 7 nitrogen and oxygen atoms in total. The second-order valence-electron chi connectivity index (χ2n) is 7.67. The first kappa shape index (κ1) is 23.9. The van der Waals surface area contributed by atoms with Gasteiger partial charge in [-0.1, -0.05) is 30.3 Å². The number of hydrogen-bond donors (Lipinski definition) is 1. The molecule has 0 bridgehead atoms. The topological polar surface area (TPSA) is 80.9 Å². The monoisotopic (exact) mass is 450 g/mol. The number of nitrogens with zero attached hydrogens (tertiary/aromatic N) is 1. The van der Waals surface area contributed by atoms with Crippen LogP contribution in [-0.2, 0) is 17.8 Å². The average Bonchev–Trinajstić information content (AvgIpc) is 3.11. The Balaban J connectivity index is 1.98. The van der Waals surface area contributed by atoms with Gasteiger partial charge in [-0.15, -0.1) is 0 Å². The van der Waals surface area contributed by atoms with Gasteiger partial charge in [-0.05, 0) is 55.7 Å². The predicted octanol–water partition coefficient (Wildman–Crippen LogP) is 4.67. The van der Waals surface area contributed by atoms with Crippen LogP contribution in [0.4, 0.5) is 0 Å². The number of ether oxygens (including phenoxy) is 3. The molecule has 3 aromatic rings. The van der Waals surface area contributed by atoms with Crippen molar-refractivity contribution in [2.45, 2.75) is 33.9 Å².